The van der Waals surface area contributed by atoms with Gasteiger partial charge in [0.25, 0.3) is 16.4 Å². The van der Waals surface area contributed by atoms with Gasteiger partial charge >= 0.3 is 0 Å². The van der Waals surface area contributed by atoms with Crippen molar-refractivity contribution in [1.29, 1.82) is 0 Å². The third kappa shape index (κ3) is 6.02. The number of aromatic nitrogens is 2. The van der Waals surface area contributed by atoms with Crippen LogP contribution >= 0.6 is 23.2 Å². The first kappa shape index (κ1) is 27.1. The molecule has 0 atom stereocenters. The van der Waals surface area contributed by atoms with Gasteiger partial charge in [-0.2, -0.15) is 5.10 Å². The number of anilines is 1. The van der Waals surface area contributed by atoms with Crippen LogP contribution in [0.15, 0.2) is 17.0 Å². The first-order chi connectivity index (χ1) is 15.9. The quantitative estimate of drug-likeness (QED) is 0.484. The Morgan fingerprint density at radius 1 is 1.09 bits per heavy atom. The van der Waals surface area contributed by atoms with Crippen molar-refractivity contribution in [2.45, 2.75) is 38.0 Å². The molecule has 0 spiro atoms. The third-order valence-electron chi connectivity index (χ3n) is 6.17. The Bertz CT molecular complexity index is 1100. The van der Waals surface area contributed by atoms with Crippen LogP contribution in [0.2, 0.25) is 10.0 Å². The van der Waals surface area contributed by atoms with Gasteiger partial charge in [0.15, 0.2) is 0 Å². The monoisotopic (exact) mass is 537 g/mol. The van der Waals surface area contributed by atoms with Gasteiger partial charge in [-0.1, -0.05) is 23.2 Å². The Kier molecular flexibility index (Phi) is 8.84. The van der Waals surface area contributed by atoms with Crippen molar-refractivity contribution < 1.29 is 17.2 Å². The van der Waals surface area contributed by atoms with Crippen LogP contribution < -0.4 is 4.31 Å². The summed E-state index contributed by atoms with van der Waals surface area (Å²) in [4.78, 5) is 4.31. The number of sulfonamides is 1. The highest BCUT2D eigenvalue weighted by Crippen LogP contribution is 2.37. The normalized spacial score (nSPS) is 15.9. The van der Waals surface area contributed by atoms with Crippen molar-refractivity contribution in [3.63, 3.8) is 0 Å². The van der Waals surface area contributed by atoms with Crippen LogP contribution in [0, 0.1) is 13.8 Å². The van der Waals surface area contributed by atoms with Crippen LogP contribution in [0.4, 0.5) is 14.5 Å². The zero-order chi connectivity index (χ0) is 25.2. The molecule has 0 radical (unpaired) electrons. The number of halogens is 4. The second kappa shape index (κ2) is 11.1. The molecule has 1 aromatic carbocycles. The zero-order valence-corrected chi connectivity index (χ0v) is 22.2. The van der Waals surface area contributed by atoms with Crippen molar-refractivity contribution in [3.05, 3.63) is 39.1 Å². The first-order valence-electron chi connectivity index (χ1n) is 11.1. The van der Waals surface area contributed by atoms with Crippen LogP contribution in [-0.4, -0.2) is 80.7 Å². The van der Waals surface area contributed by atoms with Crippen LogP contribution in [0.5, 0.6) is 0 Å². The van der Waals surface area contributed by atoms with E-state index in [2.05, 4.69) is 21.9 Å². The van der Waals surface area contributed by atoms with Gasteiger partial charge in [-0.05, 0) is 58.0 Å². The van der Waals surface area contributed by atoms with Crippen LogP contribution in [0.3, 0.4) is 0 Å². The number of piperazine rings is 1. The number of aryl methyl sites for hydroxylation is 3. The predicted octanol–water partition coefficient (Wildman–Crippen LogP) is 3.98. The fourth-order valence-electron chi connectivity index (χ4n) is 4.25. The molecule has 2 heterocycles. The van der Waals surface area contributed by atoms with E-state index < -0.39 is 23.0 Å². The standard InChI is InChI=1S/C22H31Cl2F2N5O2S/c1-15-21(16(2)29(4)27-15)31(14-20(25)26)34(32,33)22-18(23)12-17(13-19(22)24)6-5-7-30-10-8-28(3)9-11-30/h12-13,20H,5-11,14H2,1-4H3. The summed E-state index contributed by atoms with van der Waals surface area (Å²) < 4.78 is 56.1. The highest BCUT2D eigenvalue weighted by atomic mass is 35.5. The second-order valence-electron chi connectivity index (χ2n) is 8.71. The zero-order valence-electron chi connectivity index (χ0n) is 19.9. The van der Waals surface area contributed by atoms with Gasteiger partial charge in [-0.3, -0.25) is 8.99 Å². The number of hydrogen-bond donors (Lipinski definition) is 0. The van der Waals surface area contributed by atoms with Crippen molar-refractivity contribution in [2.75, 3.05) is 50.6 Å². The van der Waals surface area contributed by atoms with Crippen LogP contribution in [0.1, 0.15) is 23.4 Å². The number of likely N-dealkylation sites (N-methyl/N-ethyl adjacent to an activating group) is 1. The number of rotatable bonds is 9. The molecule has 1 aromatic heterocycles. The van der Waals surface area contributed by atoms with Crippen molar-refractivity contribution in [1.82, 2.24) is 19.6 Å². The molecule has 12 heteroatoms. The predicted molar refractivity (Wildman–Crippen MR) is 132 cm³/mol. The average molecular weight is 538 g/mol. The van der Waals surface area contributed by atoms with Gasteiger partial charge in [0, 0.05) is 33.2 Å². The molecule has 34 heavy (non-hydrogen) atoms. The van der Waals surface area contributed by atoms with E-state index in [0.29, 0.717) is 22.1 Å². The minimum absolute atomic E-state index is 0.0828. The van der Waals surface area contributed by atoms with Crippen molar-refractivity contribution in [2.24, 2.45) is 7.05 Å². The van der Waals surface area contributed by atoms with Gasteiger partial charge in [0.1, 0.15) is 4.90 Å². The molecule has 0 aliphatic carbocycles. The Labute approximate surface area is 210 Å². The largest absolute Gasteiger partial charge is 0.304 e. The molecule has 190 valence electrons. The SMILES string of the molecule is Cc1nn(C)c(C)c1N(CC(F)F)S(=O)(=O)c1c(Cl)cc(CCCN2CCN(C)CC2)cc1Cl. The number of hydrogen-bond acceptors (Lipinski definition) is 5. The minimum Gasteiger partial charge on any atom is -0.304 e. The maximum Gasteiger partial charge on any atom is 0.267 e. The van der Waals surface area contributed by atoms with E-state index in [1.165, 1.54) is 4.68 Å². The smallest absolute Gasteiger partial charge is 0.267 e. The lowest BCUT2D eigenvalue weighted by Gasteiger charge is -2.32. The summed E-state index contributed by atoms with van der Waals surface area (Å²) in [5.74, 6) is 0. The molecular formula is C22H31Cl2F2N5O2S. The second-order valence-corrected chi connectivity index (χ2v) is 11.3. The van der Waals surface area contributed by atoms with E-state index in [9.17, 15) is 17.2 Å². The molecule has 2 aromatic rings. The van der Waals surface area contributed by atoms with E-state index >= 15 is 0 Å². The minimum atomic E-state index is -4.48. The lowest BCUT2D eigenvalue weighted by Crippen LogP contribution is -2.44. The van der Waals surface area contributed by atoms with Crippen molar-refractivity contribution >= 4 is 38.9 Å². The van der Waals surface area contributed by atoms with E-state index in [1.807, 2.05) is 0 Å². The maximum absolute atomic E-state index is 13.6. The molecule has 7 nitrogen and oxygen atoms in total. The van der Waals surface area contributed by atoms with E-state index in [1.54, 1.807) is 33.0 Å². The Balaban J connectivity index is 1.85. The van der Waals surface area contributed by atoms with Crippen LogP contribution in [0.25, 0.3) is 0 Å². The van der Waals surface area contributed by atoms with Gasteiger partial charge in [-0.15, -0.1) is 0 Å². The summed E-state index contributed by atoms with van der Waals surface area (Å²) >= 11 is 12.8. The average Bonchev–Trinajstić information content (AvgIpc) is 2.98. The summed E-state index contributed by atoms with van der Waals surface area (Å²) in [6.45, 7) is 7.19. The number of alkyl halides is 2. The van der Waals surface area contributed by atoms with Crippen molar-refractivity contribution in [3.8, 4) is 0 Å². The molecule has 3 rings (SSSR count). The highest BCUT2D eigenvalue weighted by Gasteiger charge is 2.35. The summed E-state index contributed by atoms with van der Waals surface area (Å²) in [7, 11) is -0.750. The molecule has 1 aliphatic rings. The van der Waals surface area contributed by atoms with Gasteiger partial charge in [0.05, 0.1) is 33.7 Å². The van der Waals surface area contributed by atoms with E-state index in [4.69, 9.17) is 23.2 Å². The molecular weight excluding hydrogens is 507 g/mol. The lowest BCUT2D eigenvalue weighted by molar-refractivity contribution is 0.153. The van der Waals surface area contributed by atoms with E-state index in [0.717, 1.165) is 44.7 Å². The molecule has 1 fully saturated rings. The third-order valence-corrected chi connectivity index (χ3v) is 8.85. The summed E-state index contributed by atoms with van der Waals surface area (Å²) in [6.07, 6.45) is -1.36. The number of nitrogens with zero attached hydrogens (tertiary/aromatic N) is 5. The van der Waals surface area contributed by atoms with Gasteiger partial charge < -0.3 is 9.80 Å². The molecule has 1 aliphatic heterocycles. The molecule has 0 bridgehead atoms. The molecule has 0 unspecified atom stereocenters. The molecule has 0 amide bonds. The topological polar surface area (TPSA) is 61.7 Å². The molecule has 0 N–H and O–H groups in total. The Hall–Kier alpha value is -1.46. The van der Waals surface area contributed by atoms with Crippen LogP contribution in [-0.2, 0) is 23.5 Å². The van der Waals surface area contributed by atoms with Gasteiger partial charge in [-0.25, -0.2) is 17.2 Å². The van der Waals surface area contributed by atoms with E-state index in [-0.39, 0.29) is 20.6 Å². The fourth-order valence-corrected chi connectivity index (χ4v) is 7.01. The lowest BCUT2D eigenvalue weighted by atomic mass is 10.1. The summed E-state index contributed by atoms with van der Waals surface area (Å²) in [6, 6.07) is 3.13. The summed E-state index contributed by atoms with van der Waals surface area (Å²) in [5.41, 5.74) is 1.66. The maximum atomic E-state index is 13.6. The Morgan fingerprint density at radius 2 is 1.68 bits per heavy atom. The molecule has 1 saturated heterocycles. The summed E-state index contributed by atoms with van der Waals surface area (Å²) in [5, 5.41) is 4.01. The number of benzene rings is 1. The highest BCUT2D eigenvalue weighted by molar-refractivity contribution is 7.93. The first-order valence-corrected chi connectivity index (χ1v) is 13.3. The Morgan fingerprint density at radius 3 is 2.18 bits per heavy atom. The van der Waals surface area contributed by atoms with Gasteiger partial charge in [0.2, 0.25) is 0 Å². The molecule has 0 saturated carbocycles. The fraction of sp³-hybridized carbons (Fsp3) is 0.591.